The molecule has 0 amide bonds. The van der Waals surface area contributed by atoms with E-state index in [1.54, 1.807) is 6.92 Å². The number of H-pyrrole nitrogens is 1. The molecule has 0 aliphatic rings. The van der Waals surface area contributed by atoms with Gasteiger partial charge in [0.25, 0.3) is 5.69 Å². The Bertz CT molecular complexity index is 742. The maximum absolute atomic E-state index is 11.8. The van der Waals surface area contributed by atoms with Crippen LogP contribution in [0.1, 0.15) is 27.6 Å². The van der Waals surface area contributed by atoms with Crippen molar-refractivity contribution in [2.45, 2.75) is 20.1 Å². The molecular weight excluding hydrogens is 306 g/mol. The number of aryl methyl sites for hydroxylation is 1. The first-order valence-corrected chi connectivity index (χ1v) is 6.58. The number of aromatic nitrogens is 3. The molecule has 0 saturated carbocycles. The number of nitro benzene ring substituents is 1. The van der Waals surface area contributed by atoms with E-state index in [-0.39, 0.29) is 30.2 Å². The number of esters is 1. The molecule has 0 fully saturated rings. The molecule has 0 atom stereocenters. The minimum atomic E-state index is -0.691. The quantitative estimate of drug-likeness (QED) is 0.404. The van der Waals surface area contributed by atoms with Gasteiger partial charge in [0.2, 0.25) is 0 Å². The number of nitrogens with zero attached hydrogens (tertiary/aromatic N) is 3. The highest BCUT2D eigenvalue weighted by Crippen LogP contribution is 2.27. The Kier molecular flexibility index (Phi) is 4.86. The van der Waals surface area contributed by atoms with Crippen LogP contribution in [0.4, 0.5) is 11.4 Å². The van der Waals surface area contributed by atoms with Crippen LogP contribution >= 0.6 is 0 Å². The summed E-state index contributed by atoms with van der Waals surface area (Å²) in [6.45, 7) is 1.47. The first-order valence-electron chi connectivity index (χ1n) is 6.58. The maximum atomic E-state index is 11.8. The van der Waals surface area contributed by atoms with Crippen molar-refractivity contribution >= 4 is 17.3 Å². The Hall–Kier alpha value is -3.01. The SMILES string of the molecule is COC(=O)c1cc([N+](=O)[O-])c(C)cc1NCc1nc(CO)n[nH]1. The largest absolute Gasteiger partial charge is 0.465 e. The number of anilines is 1. The van der Waals surface area contributed by atoms with Gasteiger partial charge >= 0.3 is 5.97 Å². The Labute approximate surface area is 130 Å². The van der Waals surface area contributed by atoms with Crippen molar-refractivity contribution in [2.75, 3.05) is 12.4 Å². The fourth-order valence-corrected chi connectivity index (χ4v) is 1.98. The predicted molar refractivity (Wildman–Crippen MR) is 78.8 cm³/mol. The number of ether oxygens (including phenoxy) is 1. The summed E-state index contributed by atoms with van der Waals surface area (Å²) in [7, 11) is 1.20. The van der Waals surface area contributed by atoms with E-state index in [1.165, 1.54) is 19.2 Å². The van der Waals surface area contributed by atoms with Gasteiger partial charge in [-0.15, -0.1) is 0 Å². The number of aliphatic hydroxyl groups excluding tert-OH is 1. The molecule has 2 aromatic rings. The van der Waals surface area contributed by atoms with Gasteiger partial charge in [0.1, 0.15) is 12.4 Å². The van der Waals surface area contributed by atoms with Crippen LogP contribution in [-0.2, 0) is 17.9 Å². The lowest BCUT2D eigenvalue weighted by atomic mass is 10.1. The molecule has 2 rings (SSSR count). The Morgan fingerprint density at radius 2 is 2.26 bits per heavy atom. The maximum Gasteiger partial charge on any atom is 0.340 e. The van der Waals surface area contributed by atoms with E-state index in [0.29, 0.717) is 17.1 Å². The molecule has 122 valence electrons. The highest BCUT2D eigenvalue weighted by molar-refractivity contribution is 5.96. The molecule has 10 heteroatoms. The normalized spacial score (nSPS) is 10.4. The highest BCUT2D eigenvalue weighted by atomic mass is 16.6. The lowest BCUT2D eigenvalue weighted by molar-refractivity contribution is -0.385. The summed E-state index contributed by atoms with van der Waals surface area (Å²) in [6.07, 6.45) is 0. The Morgan fingerprint density at radius 1 is 1.52 bits per heavy atom. The van der Waals surface area contributed by atoms with Gasteiger partial charge in [0.15, 0.2) is 5.82 Å². The monoisotopic (exact) mass is 321 g/mol. The fourth-order valence-electron chi connectivity index (χ4n) is 1.98. The first-order chi connectivity index (χ1) is 11.0. The van der Waals surface area contributed by atoms with Crippen molar-refractivity contribution in [1.29, 1.82) is 0 Å². The predicted octanol–water partition coefficient (Wildman–Crippen LogP) is 0.912. The second-order valence-corrected chi connectivity index (χ2v) is 4.64. The van der Waals surface area contributed by atoms with Gasteiger partial charge in [0.05, 0.1) is 24.1 Å². The lowest BCUT2D eigenvalue weighted by Gasteiger charge is -2.11. The standard InChI is InChI=1S/C13H15N5O5/c1-7-3-9(14-5-11-15-12(6-19)17-16-11)8(13(20)23-2)4-10(7)18(21)22/h3-4,14,19H,5-6H2,1-2H3,(H,15,16,17). The number of benzene rings is 1. The molecule has 3 N–H and O–H groups in total. The zero-order valence-electron chi connectivity index (χ0n) is 12.5. The van der Waals surface area contributed by atoms with E-state index in [0.717, 1.165) is 0 Å². The molecule has 23 heavy (non-hydrogen) atoms. The lowest BCUT2D eigenvalue weighted by Crippen LogP contribution is -2.10. The van der Waals surface area contributed by atoms with Crippen LogP contribution in [0.3, 0.4) is 0 Å². The number of aromatic amines is 1. The number of carbonyl (C=O) groups excluding carboxylic acids is 1. The molecule has 0 aliphatic heterocycles. The number of methoxy groups -OCH3 is 1. The third-order valence-electron chi connectivity index (χ3n) is 3.10. The van der Waals surface area contributed by atoms with Crippen LogP contribution in [0.2, 0.25) is 0 Å². The summed E-state index contributed by atoms with van der Waals surface area (Å²) in [5.41, 5.74) is 0.658. The number of carbonyl (C=O) groups is 1. The van der Waals surface area contributed by atoms with Crippen molar-refractivity contribution < 1.29 is 19.6 Å². The molecular formula is C13H15N5O5. The summed E-state index contributed by atoms with van der Waals surface area (Å²) < 4.78 is 4.65. The van der Waals surface area contributed by atoms with Crippen LogP contribution in [0.15, 0.2) is 12.1 Å². The third kappa shape index (κ3) is 3.61. The molecule has 1 aromatic carbocycles. The first kappa shape index (κ1) is 16.4. The average Bonchev–Trinajstić information content (AvgIpc) is 2.99. The number of hydrogen-bond donors (Lipinski definition) is 3. The van der Waals surface area contributed by atoms with Gasteiger partial charge in [-0.05, 0) is 13.0 Å². The zero-order chi connectivity index (χ0) is 17.0. The fraction of sp³-hybridized carbons (Fsp3) is 0.308. The summed E-state index contributed by atoms with van der Waals surface area (Å²) in [5, 5.41) is 29.3. The van der Waals surface area contributed by atoms with Crippen LogP contribution in [0.25, 0.3) is 0 Å². The molecule has 0 bridgehead atoms. The minimum absolute atomic E-state index is 0.0479. The Morgan fingerprint density at radius 3 is 2.83 bits per heavy atom. The van der Waals surface area contributed by atoms with Crippen molar-refractivity contribution in [3.63, 3.8) is 0 Å². The van der Waals surface area contributed by atoms with Crippen LogP contribution in [0, 0.1) is 17.0 Å². The van der Waals surface area contributed by atoms with E-state index in [9.17, 15) is 14.9 Å². The molecule has 0 saturated heterocycles. The Balaban J connectivity index is 2.30. The molecule has 0 spiro atoms. The van der Waals surface area contributed by atoms with Gasteiger partial charge in [-0.3, -0.25) is 15.2 Å². The molecule has 0 radical (unpaired) electrons. The summed E-state index contributed by atoms with van der Waals surface area (Å²) in [4.78, 5) is 26.3. The summed E-state index contributed by atoms with van der Waals surface area (Å²) in [5.74, 6) is -0.0000368. The van der Waals surface area contributed by atoms with Crippen LogP contribution in [0.5, 0.6) is 0 Å². The van der Waals surface area contributed by atoms with Gasteiger partial charge in [-0.2, -0.15) is 5.10 Å². The van der Waals surface area contributed by atoms with Crippen molar-refractivity contribution in [3.05, 3.63) is 45.0 Å². The van der Waals surface area contributed by atoms with E-state index in [1.807, 2.05) is 0 Å². The molecule has 1 heterocycles. The molecule has 0 aliphatic carbocycles. The van der Waals surface area contributed by atoms with Gasteiger partial charge in [0, 0.05) is 17.3 Å². The van der Waals surface area contributed by atoms with Gasteiger partial charge in [-0.1, -0.05) is 0 Å². The van der Waals surface area contributed by atoms with Crippen molar-refractivity contribution in [3.8, 4) is 0 Å². The summed E-state index contributed by atoms with van der Waals surface area (Å²) in [6, 6.07) is 2.66. The van der Waals surface area contributed by atoms with Gasteiger partial charge in [-0.25, -0.2) is 9.78 Å². The third-order valence-corrected chi connectivity index (χ3v) is 3.10. The number of nitro groups is 1. The summed E-state index contributed by atoms with van der Waals surface area (Å²) >= 11 is 0. The van der Waals surface area contributed by atoms with Gasteiger partial charge < -0.3 is 15.2 Å². The van der Waals surface area contributed by atoms with E-state index in [2.05, 4.69) is 25.2 Å². The van der Waals surface area contributed by atoms with Crippen molar-refractivity contribution in [2.24, 2.45) is 0 Å². The second kappa shape index (κ2) is 6.83. The smallest absolute Gasteiger partial charge is 0.340 e. The van der Waals surface area contributed by atoms with E-state index >= 15 is 0 Å². The number of rotatable bonds is 6. The van der Waals surface area contributed by atoms with E-state index < -0.39 is 10.9 Å². The zero-order valence-corrected chi connectivity index (χ0v) is 12.5. The number of aliphatic hydroxyl groups is 1. The highest BCUT2D eigenvalue weighted by Gasteiger charge is 2.20. The topological polar surface area (TPSA) is 143 Å². The second-order valence-electron chi connectivity index (χ2n) is 4.64. The molecule has 1 aromatic heterocycles. The minimum Gasteiger partial charge on any atom is -0.465 e. The molecule has 0 unspecified atom stereocenters. The average molecular weight is 321 g/mol. The van der Waals surface area contributed by atoms with Crippen LogP contribution in [-0.4, -0.2) is 38.3 Å². The van der Waals surface area contributed by atoms with Crippen LogP contribution < -0.4 is 5.32 Å². The number of hydrogen-bond acceptors (Lipinski definition) is 8. The van der Waals surface area contributed by atoms with E-state index in [4.69, 9.17) is 5.11 Å². The number of nitrogens with one attached hydrogen (secondary N) is 2. The molecule has 10 nitrogen and oxygen atoms in total. The van der Waals surface area contributed by atoms with Crippen molar-refractivity contribution in [1.82, 2.24) is 15.2 Å².